The molecule has 5 nitrogen and oxygen atoms in total. The summed E-state index contributed by atoms with van der Waals surface area (Å²) in [6.45, 7) is 1.93. The molecule has 0 saturated heterocycles. The number of rotatable bonds is 0. The molecule has 0 atom stereocenters. The molecule has 8 heavy (non-hydrogen) atoms. The molecule has 6 heteroatoms. The van der Waals surface area contributed by atoms with Crippen LogP contribution in [0, 0.1) is 53.5 Å². The second-order valence-electron chi connectivity index (χ2n) is 0.540. The fraction of sp³-hybridized carbons (Fsp3) is 1.00. The fourth-order valence-electron chi connectivity index (χ4n) is 0. The number of hydrogen-bond donors (Lipinski definition) is 1. The van der Waals surface area contributed by atoms with Gasteiger partial charge in [0.15, 0.2) is 0 Å². The molecule has 0 bridgehead atoms. The summed E-state index contributed by atoms with van der Waals surface area (Å²) >= 11 is 0. The van der Waals surface area contributed by atoms with E-state index < -0.39 is 5.09 Å². The van der Waals surface area contributed by atoms with Crippen LogP contribution >= 0.6 is 0 Å². The van der Waals surface area contributed by atoms with Crippen molar-refractivity contribution in [2.45, 2.75) is 6.92 Å². The SMILES string of the molecule is CCO.O=[N+]([O-])[O-].[Dy]. The predicted molar refractivity (Wildman–Crippen MR) is 23.1 cm³/mol. The van der Waals surface area contributed by atoms with E-state index in [1.165, 1.54) is 0 Å². The van der Waals surface area contributed by atoms with E-state index in [9.17, 15) is 0 Å². The quantitative estimate of drug-likeness (QED) is 0.486. The summed E-state index contributed by atoms with van der Waals surface area (Å²) in [6, 6.07) is 0. The Morgan fingerprint density at radius 3 is 1.62 bits per heavy atom. The van der Waals surface area contributed by atoms with Crippen molar-refractivity contribution in [3.8, 4) is 0 Å². The average Bonchev–Trinajstić information content (AvgIpc) is 1.33. The Labute approximate surface area is 76.8 Å². The van der Waals surface area contributed by atoms with E-state index in [-0.39, 0.29) is 44.8 Å². The smallest absolute Gasteiger partial charge is 0.0689 e. The average molecular weight is 271 g/mol. The zero-order valence-corrected chi connectivity index (χ0v) is 6.17. The number of aliphatic hydroxyl groups is 1. The molecule has 0 heterocycles. The van der Waals surface area contributed by atoms with Gasteiger partial charge in [-0.2, -0.15) is 0 Å². The molecule has 0 unspecified atom stereocenters. The molecule has 0 radical (unpaired) electrons. The van der Waals surface area contributed by atoms with Crippen LogP contribution in [0.3, 0.4) is 0 Å². The van der Waals surface area contributed by atoms with Crippen LogP contribution in [0.25, 0.3) is 0 Å². The maximum Gasteiger partial charge on any atom is 0.0689 e. The Morgan fingerprint density at radius 1 is 1.62 bits per heavy atom. The zero-order valence-electron chi connectivity index (χ0n) is 4.14. The zero-order chi connectivity index (χ0) is 6.28. The minimum atomic E-state index is -1.75. The topological polar surface area (TPSA) is 86.4 Å². The van der Waals surface area contributed by atoms with Gasteiger partial charge in [0.25, 0.3) is 0 Å². The Hall–Kier alpha value is 0.433. The molecule has 0 saturated carbocycles. The minimum absolute atomic E-state index is 0. The summed E-state index contributed by atoms with van der Waals surface area (Å²) in [5.74, 6) is 0. The van der Waals surface area contributed by atoms with E-state index in [1.807, 2.05) is 0 Å². The van der Waals surface area contributed by atoms with Crippen molar-refractivity contribution in [3.05, 3.63) is 15.3 Å². The molecule has 0 aromatic rings. The van der Waals surface area contributed by atoms with Crippen LogP contribution in [0.4, 0.5) is 0 Å². The van der Waals surface area contributed by atoms with E-state index in [0.29, 0.717) is 0 Å². The van der Waals surface area contributed by atoms with Gasteiger partial charge in [-0.1, -0.05) is 0 Å². The van der Waals surface area contributed by atoms with Crippen molar-refractivity contribution in [1.82, 2.24) is 0 Å². The van der Waals surface area contributed by atoms with Crippen molar-refractivity contribution >= 4 is 0 Å². The van der Waals surface area contributed by atoms with E-state index in [1.54, 1.807) is 6.92 Å². The Morgan fingerprint density at radius 2 is 1.62 bits per heavy atom. The first-order chi connectivity index (χ1) is 3.15. The molecular formula is C2H6DyNO4-. The van der Waals surface area contributed by atoms with Gasteiger partial charge in [0, 0.05) is 44.8 Å². The van der Waals surface area contributed by atoms with Crippen LogP contribution in [0.1, 0.15) is 6.92 Å². The summed E-state index contributed by atoms with van der Waals surface area (Å²) in [5, 5.41) is 22.3. The third-order valence-corrected chi connectivity index (χ3v) is 0. The molecule has 0 spiro atoms. The van der Waals surface area contributed by atoms with Gasteiger partial charge in [-0.15, -0.1) is 0 Å². The van der Waals surface area contributed by atoms with Crippen LogP contribution in [-0.4, -0.2) is 16.8 Å². The van der Waals surface area contributed by atoms with Crippen molar-refractivity contribution < 1.29 is 48.4 Å². The van der Waals surface area contributed by atoms with Crippen LogP contribution in [0.15, 0.2) is 0 Å². The minimum Gasteiger partial charge on any atom is -0.397 e. The summed E-state index contributed by atoms with van der Waals surface area (Å²) < 4.78 is 0. The first kappa shape index (κ1) is 15.8. The molecule has 0 aliphatic carbocycles. The van der Waals surface area contributed by atoms with Gasteiger partial charge in [-0.25, -0.2) is 0 Å². The van der Waals surface area contributed by atoms with E-state index in [2.05, 4.69) is 0 Å². The Bertz CT molecular complexity index is 45.3. The van der Waals surface area contributed by atoms with Gasteiger partial charge in [0.2, 0.25) is 0 Å². The van der Waals surface area contributed by atoms with Gasteiger partial charge in [-0.3, -0.25) is 0 Å². The van der Waals surface area contributed by atoms with Gasteiger partial charge in [-0.05, 0) is 6.92 Å². The van der Waals surface area contributed by atoms with Gasteiger partial charge in [0.05, 0.1) is 5.09 Å². The third kappa shape index (κ3) is 1010. The molecule has 0 aliphatic rings. The van der Waals surface area contributed by atoms with Crippen LogP contribution in [-0.2, 0) is 0 Å². The van der Waals surface area contributed by atoms with Crippen LogP contribution in [0.2, 0.25) is 0 Å². The molecule has 1 N–H and O–H groups in total. The monoisotopic (exact) mass is 272 g/mol. The molecule has 54 valence electrons. The molecule has 0 aromatic carbocycles. The largest absolute Gasteiger partial charge is 0.397 e. The summed E-state index contributed by atoms with van der Waals surface area (Å²) in [6.07, 6.45) is 0. The van der Waals surface area contributed by atoms with E-state index in [4.69, 9.17) is 20.4 Å². The second kappa shape index (κ2) is 15.7. The van der Waals surface area contributed by atoms with Crippen LogP contribution < -0.4 is 0 Å². The van der Waals surface area contributed by atoms with E-state index >= 15 is 0 Å². The Balaban J connectivity index is -0.0000000575. The fourth-order valence-corrected chi connectivity index (χ4v) is 0. The standard InChI is InChI=1S/C2H6O.Dy.NO3/c1-2-3;;2-1(3)4/h3H,2H2,1H3;;/q;;-1. The molecular weight excluding hydrogens is 265 g/mol. The predicted octanol–water partition coefficient (Wildman–Crippen LogP) is -0.241. The number of aliphatic hydroxyl groups excluding tert-OH is 1. The maximum absolute atomic E-state index is 8.25. The first-order valence-electron chi connectivity index (χ1n) is 1.57. The molecule has 0 aromatic heterocycles. The summed E-state index contributed by atoms with van der Waals surface area (Å²) in [7, 11) is 0. The van der Waals surface area contributed by atoms with Gasteiger partial charge < -0.3 is 20.4 Å². The normalized spacial score (nSPS) is 5.25. The molecule has 0 amide bonds. The van der Waals surface area contributed by atoms with Crippen molar-refractivity contribution in [3.63, 3.8) is 0 Å². The van der Waals surface area contributed by atoms with Gasteiger partial charge in [0.1, 0.15) is 0 Å². The van der Waals surface area contributed by atoms with Gasteiger partial charge >= 0.3 is 0 Å². The summed E-state index contributed by atoms with van der Waals surface area (Å²) in [5.41, 5.74) is 0. The Kier molecular flexibility index (Phi) is 30.9. The van der Waals surface area contributed by atoms with Crippen molar-refractivity contribution in [2.24, 2.45) is 0 Å². The molecule has 0 fully saturated rings. The van der Waals surface area contributed by atoms with Crippen molar-refractivity contribution in [1.29, 1.82) is 0 Å². The number of nitrogens with zero attached hydrogens (tertiary/aromatic N) is 1. The molecule has 0 aliphatic heterocycles. The maximum atomic E-state index is 8.25. The number of hydrogen-bond acceptors (Lipinski definition) is 4. The molecule has 0 rings (SSSR count). The summed E-state index contributed by atoms with van der Waals surface area (Å²) in [4.78, 5) is 8.25. The second-order valence-corrected chi connectivity index (χ2v) is 0.540. The van der Waals surface area contributed by atoms with Crippen molar-refractivity contribution in [2.75, 3.05) is 6.61 Å². The third-order valence-electron chi connectivity index (χ3n) is 0. The van der Waals surface area contributed by atoms with E-state index in [0.717, 1.165) is 0 Å². The first-order valence-corrected chi connectivity index (χ1v) is 1.57. The van der Waals surface area contributed by atoms with Crippen LogP contribution in [0.5, 0.6) is 0 Å².